The van der Waals surface area contributed by atoms with Gasteiger partial charge < -0.3 is 23.4 Å². The van der Waals surface area contributed by atoms with Crippen LogP contribution < -0.4 is 5.73 Å². The topological polar surface area (TPSA) is 62.9 Å². The van der Waals surface area contributed by atoms with Crippen molar-refractivity contribution in [2.24, 2.45) is 5.73 Å². The van der Waals surface area contributed by atoms with Crippen LogP contribution in [0.25, 0.3) is 0 Å². The average Bonchev–Trinajstić information content (AvgIpc) is 2.27. The van der Waals surface area contributed by atoms with Gasteiger partial charge in [-0.25, -0.2) is 0 Å². The first-order valence-electron chi connectivity index (χ1n) is 5.85. The van der Waals surface area contributed by atoms with Gasteiger partial charge in [0.2, 0.25) is 0 Å². The van der Waals surface area contributed by atoms with Crippen LogP contribution in [-0.2, 0) is 17.7 Å². The Balaban J connectivity index is 4.26. The smallest absolute Gasteiger partial charge is 0.355 e. The molecular weight excluding hydrogens is 226 g/mol. The van der Waals surface area contributed by atoms with Crippen LogP contribution in [0.5, 0.6) is 0 Å². The van der Waals surface area contributed by atoms with Crippen molar-refractivity contribution in [3.8, 4) is 0 Å². The standard InChI is InChI=1S/C10H25NO4Si/c1-5-13-16(12-4,14-6-2)15-10(3)8-7-9-11/h10H,5-9,11H2,1-4H3. The van der Waals surface area contributed by atoms with Crippen molar-refractivity contribution < 1.29 is 17.7 Å². The summed E-state index contributed by atoms with van der Waals surface area (Å²) in [5, 5.41) is 0. The van der Waals surface area contributed by atoms with Crippen LogP contribution in [-0.4, -0.2) is 42.0 Å². The molecule has 0 saturated carbocycles. The maximum absolute atomic E-state index is 5.79. The second kappa shape index (κ2) is 9.09. The lowest BCUT2D eigenvalue weighted by Gasteiger charge is -2.28. The quantitative estimate of drug-likeness (QED) is 0.593. The zero-order valence-corrected chi connectivity index (χ0v) is 11.8. The second-order valence-corrected chi connectivity index (χ2v) is 5.65. The fraction of sp³-hybridized carbons (Fsp3) is 1.00. The zero-order chi connectivity index (χ0) is 12.4. The first-order valence-corrected chi connectivity index (χ1v) is 7.48. The molecule has 2 N–H and O–H groups in total. The molecular formula is C10H25NO4Si. The molecule has 0 aromatic rings. The van der Waals surface area contributed by atoms with Crippen LogP contribution in [0.15, 0.2) is 0 Å². The maximum atomic E-state index is 5.79. The van der Waals surface area contributed by atoms with Crippen molar-refractivity contribution in [3.05, 3.63) is 0 Å². The molecule has 6 heteroatoms. The summed E-state index contributed by atoms with van der Waals surface area (Å²) in [6.45, 7) is 7.47. The highest BCUT2D eigenvalue weighted by molar-refractivity contribution is 6.53. The highest BCUT2D eigenvalue weighted by Crippen LogP contribution is 2.15. The van der Waals surface area contributed by atoms with E-state index >= 15 is 0 Å². The SMILES string of the molecule is CCO[Si](OC)(OCC)OC(C)CCCN. The molecule has 1 unspecified atom stereocenters. The highest BCUT2D eigenvalue weighted by atomic mass is 28.4. The Kier molecular flexibility index (Phi) is 9.10. The van der Waals surface area contributed by atoms with E-state index in [1.165, 1.54) is 0 Å². The molecule has 0 radical (unpaired) electrons. The molecule has 98 valence electrons. The van der Waals surface area contributed by atoms with Gasteiger partial charge in [0, 0.05) is 26.4 Å². The van der Waals surface area contributed by atoms with Crippen LogP contribution in [0.1, 0.15) is 33.6 Å². The summed E-state index contributed by atoms with van der Waals surface area (Å²) in [7, 11) is -1.36. The molecule has 0 aromatic heterocycles. The van der Waals surface area contributed by atoms with Crippen LogP contribution in [0, 0.1) is 0 Å². The fourth-order valence-electron chi connectivity index (χ4n) is 1.34. The van der Waals surface area contributed by atoms with Crippen molar-refractivity contribution in [1.82, 2.24) is 0 Å². The number of hydrogen-bond donors (Lipinski definition) is 1. The van der Waals surface area contributed by atoms with Crippen molar-refractivity contribution in [1.29, 1.82) is 0 Å². The Morgan fingerprint density at radius 2 is 1.75 bits per heavy atom. The third-order valence-electron chi connectivity index (χ3n) is 2.05. The average molecular weight is 251 g/mol. The zero-order valence-electron chi connectivity index (χ0n) is 10.8. The predicted molar refractivity (Wildman–Crippen MR) is 64.9 cm³/mol. The third-order valence-corrected chi connectivity index (χ3v) is 4.53. The van der Waals surface area contributed by atoms with E-state index in [0.717, 1.165) is 12.8 Å². The van der Waals surface area contributed by atoms with Crippen LogP contribution >= 0.6 is 0 Å². The molecule has 0 rings (SSSR count). The van der Waals surface area contributed by atoms with E-state index < -0.39 is 9.05 Å². The number of rotatable bonds is 10. The minimum Gasteiger partial charge on any atom is -0.355 e. The Labute approximate surface area is 99.7 Å². The van der Waals surface area contributed by atoms with Crippen molar-refractivity contribution in [3.63, 3.8) is 0 Å². The van der Waals surface area contributed by atoms with Gasteiger partial charge in [-0.05, 0) is 40.2 Å². The van der Waals surface area contributed by atoms with E-state index in [2.05, 4.69) is 0 Å². The molecule has 0 aliphatic carbocycles. The summed E-state index contributed by atoms with van der Waals surface area (Å²) in [5.41, 5.74) is 5.45. The summed E-state index contributed by atoms with van der Waals surface area (Å²) in [4.78, 5) is 0. The van der Waals surface area contributed by atoms with E-state index in [1.807, 2.05) is 20.8 Å². The van der Waals surface area contributed by atoms with Gasteiger partial charge >= 0.3 is 9.05 Å². The van der Waals surface area contributed by atoms with Gasteiger partial charge in [-0.1, -0.05) is 0 Å². The summed E-state index contributed by atoms with van der Waals surface area (Å²) < 4.78 is 22.1. The number of nitrogens with two attached hydrogens (primary N) is 1. The molecule has 0 aliphatic rings. The first-order chi connectivity index (χ1) is 7.64. The van der Waals surface area contributed by atoms with Crippen molar-refractivity contribution >= 4 is 9.05 Å². The molecule has 0 amide bonds. The summed E-state index contributed by atoms with van der Waals surface area (Å²) >= 11 is 0. The van der Waals surface area contributed by atoms with E-state index in [9.17, 15) is 0 Å². The van der Waals surface area contributed by atoms with Gasteiger partial charge in [0.15, 0.2) is 0 Å². The van der Waals surface area contributed by atoms with Crippen molar-refractivity contribution in [2.75, 3.05) is 26.9 Å². The molecule has 0 spiro atoms. The van der Waals surface area contributed by atoms with Crippen LogP contribution in [0.4, 0.5) is 0 Å². The molecule has 5 nitrogen and oxygen atoms in total. The molecule has 0 aromatic carbocycles. The molecule has 1 atom stereocenters. The normalized spacial score (nSPS) is 14.1. The second-order valence-electron chi connectivity index (χ2n) is 3.43. The lowest BCUT2D eigenvalue weighted by molar-refractivity contribution is -0.0389. The van der Waals surface area contributed by atoms with Gasteiger partial charge in [-0.15, -0.1) is 0 Å². The molecule has 0 saturated heterocycles. The highest BCUT2D eigenvalue weighted by Gasteiger charge is 2.45. The summed E-state index contributed by atoms with van der Waals surface area (Å²) in [5.74, 6) is 0. The molecule has 0 heterocycles. The van der Waals surface area contributed by atoms with E-state index in [-0.39, 0.29) is 6.10 Å². The minimum absolute atomic E-state index is 0.0354. The Morgan fingerprint density at radius 1 is 1.19 bits per heavy atom. The van der Waals surface area contributed by atoms with Crippen LogP contribution in [0.2, 0.25) is 0 Å². The molecule has 0 fully saturated rings. The monoisotopic (exact) mass is 251 g/mol. The minimum atomic E-state index is -2.92. The predicted octanol–water partition coefficient (Wildman–Crippen LogP) is 1.29. The summed E-state index contributed by atoms with van der Waals surface area (Å²) in [6, 6.07) is 0. The Morgan fingerprint density at radius 3 is 2.12 bits per heavy atom. The maximum Gasteiger partial charge on any atom is 0.679 e. The van der Waals surface area contributed by atoms with Gasteiger partial charge in [-0.3, -0.25) is 0 Å². The first kappa shape index (κ1) is 16.0. The lowest BCUT2D eigenvalue weighted by atomic mass is 10.2. The molecule has 0 bridgehead atoms. The Hall–Kier alpha value is 0.0169. The van der Waals surface area contributed by atoms with E-state index in [1.54, 1.807) is 7.11 Å². The Bertz CT molecular complexity index is 165. The lowest BCUT2D eigenvalue weighted by Crippen LogP contribution is -2.50. The van der Waals surface area contributed by atoms with Gasteiger partial charge in [0.1, 0.15) is 0 Å². The number of hydrogen-bond acceptors (Lipinski definition) is 5. The fourth-order valence-corrected chi connectivity index (χ4v) is 3.21. The van der Waals surface area contributed by atoms with E-state index in [4.69, 9.17) is 23.4 Å². The van der Waals surface area contributed by atoms with E-state index in [0.29, 0.717) is 19.8 Å². The third kappa shape index (κ3) is 5.93. The summed E-state index contributed by atoms with van der Waals surface area (Å²) in [6.07, 6.45) is 1.84. The van der Waals surface area contributed by atoms with Gasteiger partial charge in [0.05, 0.1) is 0 Å². The van der Waals surface area contributed by atoms with Gasteiger partial charge in [0.25, 0.3) is 0 Å². The molecule has 0 aliphatic heterocycles. The van der Waals surface area contributed by atoms with Crippen LogP contribution in [0.3, 0.4) is 0 Å². The van der Waals surface area contributed by atoms with Gasteiger partial charge in [-0.2, -0.15) is 0 Å². The largest absolute Gasteiger partial charge is 0.679 e. The van der Waals surface area contributed by atoms with Crippen molar-refractivity contribution in [2.45, 2.75) is 39.7 Å². The molecule has 16 heavy (non-hydrogen) atoms.